The molecule has 2 rings (SSSR count). The fourth-order valence-electron chi connectivity index (χ4n) is 3.49. The highest BCUT2D eigenvalue weighted by molar-refractivity contribution is 5.79. The molecule has 0 atom stereocenters. The molecule has 0 unspecified atom stereocenters. The zero-order valence-corrected chi connectivity index (χ0v) is 17.9. The predicted octanol–water partition coefficient (Wildman–Crippen LogP) is 3.02. The molecule has 0 spiro atoms. The van der Waals surface area contributed by atoms with Gasteiger partial charge in [0.2, 0.25) is 0 Å². The minimum Gasteiger partial charge on any atom is -0.383 e. The van der Waals surface area contributed by atoms with E-state index in [1.807, 2.05) is 6.07 Å². The maximum absolute atomic E-state index is 13.6. The van der Waals surface area contributed by atoms with Crippen molar-refractivity contribution in [3.63, 3.8) is 0 Å². The van der Waals surface area contributed by atoms with E-state index >= 15 is 0 Å². The van der Waals surface area contributed by atoms with Crippen LogP contribution in [0.15, 0.2) is 29.3 Å². The summed E-state index contributed by atoms with van der Waals surface area (Å²) in [6, 6.07) is 6.82. The molecule has 0 amide bonds. The van der Waals surface area contributed by atoms with E-state index in [9.17, 15) is 4.39 Å². The fourth-order valence-corrected chi connectivity index (χ4v) is 3.49. The number of likely N-dealkylation sites (tertiary alicyclic amines) is 1. The van der Waals surface area contributed by atoms with E-state index in [-0.39, 0.29) is 11.2 Å². The standard InChI is InChI=1S/C22H37FN4O/c1-5-24-21(25-16-18-9-11-27(12-10-18)13-14-28-4)26-17-22(2,3)19-7-6-8-20(23)15-19/h6-8,15,18H,5,9-14,16-17H2,1-4H3,(H2,24,25,26). The summed E-state index contributed by atoms with van der Waals surface area (Å²) in [5.41, 5.74) is 0.743. The topological polar surface area (TPSA) is 48.9 Å². The van der Waals surface area contributed by atoms with Crippen molar-refractivity contribution < 1.29 is 9.13 Å². The Morgan fingerprint density at radius 1 is 1.29 bits per heavy atom. The predicted molar refractivity (Wildman–Crippen MR) is 114 cm³/mol. The maximum atomic E-state index is 13.6. The molecular formula is C22H37FN4O. The molecule has 1 saturated heterocycles. The smallest absolute Gasteiger partial charge is 0.191 e. The lowest BCUT2D eigenvalue weighted by Gasteiger charge is -2.32. The van der Waals surface area contributed by atoms with E-state index < -0.39 is 0 Å². The molecule has 5 nitrogen and oxygen atoms in total. The van der Waals surface area contributed by atoms with Crippen LogP contribution in [0.5, 0.6) is 0 Å². The number of piperidine rings is 1. The van der Waals surface area contributed by atoms with Crippen molar-refractivity contribution in [3.05, 3.63) is 35.6 Å². The molecule has 1 aliphatic heterocycles. The summed E-state index contributed by atoms with van der Waals surface area (Å²) in [7, 11) is 1.76. The monoisotopic (exact) mass is 392 g/mol. The van der Waals surface area contributed by atoms with Gasteiger partial charge in [-0.2, -0.15) is 0 Å². The molecule has 1 fully saturated rings. The van der Waals surface area contributed by atoms with Crippen LogP contribution in [0.4, 0.5) is 4.39 Å². The summed E-state index contributed by atoms with van der Waals surface area (Å²) < 4.78 is 18.7. The van der Waals surface area contributed by atoms with Crippen molar-refractivity contribution in [3.8, 4) is 0 Å². The molecule has 6 heteroatoms. The molecule has 2 N–H and O–H groups in total. The first kappa shape index (κ1) is 22.6. The van der Waals surface area contributed by atoms with Gasteiger partial charge in [0, 0.05) is 32.2 Å². The van der Waals surface area contributed by atoms with E-state index in [1.54, 1.807) is 19.2 Å². The molecule has 0 aromatic heterocycles. The van der Waals surface area contributed by atoms with E-state index in [2.05, 4.69) is 36.3 Å². The average molecular weight is 393 g/mol. The van der Waals surface area contributed by atoms with Crippen LogP contribution in [0.1, 0.15) is 39.2 Å². The molecule has 0 radical (unpaired) electrons. The summed E-state index contributed by atoms with van der Waals surface area (Å²) in [4.78, 5) is 7.25. The van der Waals surface area contributed by atoms with Gasteiger partial charge in [-0.1, -0.05) is 26.0 Å². The molecule has 0 aliphatic carbocycles. The zero-order chi connectivity index (χ0) is 20.4. The van der Waals surface area contributed by atoms with Gasteiger partial charge >= 0.3 is 0 Å². The third-order valence-corrected chi connectivity index (χ3v) is 5.46. The molecule has 0 saturated carbocycles. The SMILES string of the molecule is CCNC(=NCC(C)(C)c1cccc(F)c1)NCC1CCN(CCOC)CC1. The molecule has 28 heavy (non-hydrogen) atoms. The van der Waals surface area contributed by atoms with Crippen LogP contribution in [0.3, 0.4) is 0 Å². The number of nitrogens with one attached hydrogen (secondary N) is 2. The molecule has 1 aromatic carbocycles. The van der Waals surface area contributed by atoms with Crippen molar-refractivity contribution in [1.29, 1.82) is 0 Å². The first-order valence-corrected chi connectivity index (χ1v) is 10.4. The number of halogens is 1. The van der Waals surface area contributed by atoms with Gasteiger partial charge in [-0.25, -0.2) is 4.39 Å². The van der Waals surface area contributed by atoms with Gasteiger partial charge in [0.1, 0.15) is 5.82 Å². The number of aliphatic imine (C=N–C) groups is 1. The van der Waals surface area contributed by atoms with Gasteiger partial charge in [0.25, 0.3) is 0 Å². The lowest BCUT2D eigenvalue weighted by molar-refractivity contribution is 0.121. The highest BCUT2D eigenvalue weighted by Gasteiger charge is 2.22. The number of benzene rings is 1. The van der Waals surface area contributed by atoms with Crippen LogP contribution in [0, 0.1) is 11.7 Å². The van der Waals surface area contributed by atoms with Crippen LogP contribution in [0.2, 0.25) is 0 Å². The Hall–Kier alpha value is -1.66. The molecule has 1 aromatic rings. The van der Waals surface area contributed by atoms with E-state index in [0.29, 0.717) is 12.5 Å². The Balaban J connectivity index is 1.85. The Morgan fingerprint density at radius 2 is 2.04 bits per heavy atom. The highest BCUT2D eigenvalue weighted by atomic mass is 19.1. The van der Waals surface area contributed by atoms with Gasteiger partial charge in [0.05, 0.1) is 13.2 Å². The third-order valence-electron chi connectivity index (χ3n) is 5.46. The van der Waals surface area contributed by atoms with Crippen LogP contribution in [-0.2, 0) is 10.2 Å². The minimum atomic E-state index is -0.225. The number of rotatable bonds is 9. The number of hydrogen-bond acceptors (Lipinski definition) is 3. The fraction of sp³-hybridized carbons (Fsp3) is 0.682. The molecule has 158 valence electrons. The van der Waals surface area contributed by atoms with Crippen LogP contribution >= 0.6 is 0 Å². The summed E-state index contributed by atoms with van der Waals surface area (Å²) in [5.74, 6) is 1.31. The summed E-state index contributed by atoms with van der Waals surface area (Å²) >= 11 is 0. The van der Waals surface area contributed by atoms with Gasteiger partial charge in [0.15, 0.2) is 5.96 Å². The van der Waals surface area contributed by atoms with Crippen molar-refractivity contribution in [2.45, 2.75) is 39.0 Å². The minimum absolute atomic E-state index is 0.198. The lowest BCUT2D eigenvalue weighted by Crippen LogP contribution is -2.43. The normalized spacial score (nSPS) is 17.0. The van der Waals surface area contributed by atoms with Crippen molar-refractivity contribution in [2.24, 2.45) is 10.9 Å². The maximum Gasteiger partial charge on any atom is 0.191 e. The van der Waals surface area contributed by atoms with Gasteiger partial charge in [-0.15, -0.1) is 0 Å². The molecule has 1 heterocycles. The van der Waals surface area contributed by atoms with Gasteiger partial charge in [-0.05, 0) is 56.5 Å². The molecule has 0 bridgehead atoms. The second-order valence-electron chi connectivity index (χ2n) is 8.25. The summed E-state index contributed by atoms with van der Waals surface area (Å²) in [5, 5.41) is 6.84. The first-order chi connectivity index (χ1) is 13.4. The van der Waals surface area contributed by atoms with Gasteiger partial charge < -0.3 is 20.3 Å². The Labute approximate surface area is 169 Å². The number of guanidine groups is 1. The Bertz CT molecular complexity index is 612. The quantitative estimate of drug-likeness (QED) is 0.501. The Kier molecular flexibility index (Phi) is 9.19. The van der Waals surface area contributed by atoms with Crippen molar-refractivity contribution in [1.82, 2.24) is 15.5 Å². The third kappa shape index (κ3) is 7.40. The molecular weight excluding hydrogens is 355 g/mol. The summed E-state index contributed by atoms with van der Waals surface area (Å²) in [6.45, 7) is 12.7. The molecule has 1 aliphatic rings. The van der Waals surface area contributed by atoms with E-state index in [4.69, 9.17) is 9.73 Å². The second kappa shape index (κ2) is 11.4. The van der Waals surface area contributed by atoms with Crippen molar-refractivity contribution >= 4 is 5.96 Å². The second-order valence-corrected chi connectivity index (χ2v) is 8.25. The number of methoxy groups -OCH3 is 1. The zero-order valence-electron chi connectivity index (χ0n) is 17.9. The lowest BCUT2D eigenvalue weighted by atomic mass is 9.85. The highest BCUT2D eigenvalue weighted by Crippen LogP contribution is 2.24. The van der Waals surface area contributed by atoms with Crippen LogP contribution in [-0.4, -0.2) is 63.8 Å². The first-order valence-electron chi connectivity index (χ1n) is 10.4. The van der Waals surface area contributed by atoms with Crippen LogP contribution < -0.4 is 10.6 Å². The number of nitrogens with zero attached hydrogens (tertiary/aromatic N) is 2. The number of ether oxygens (including phenoxy) is 1. The number of hydrogen-bond donors (Lipinski definition) is 2. The van der Waals surface area contributed by atoms with E-state index in [1.165, 1.54) is 18.9 Å². The van der Waals surface area contributed by atoms with Gasteiger partial charge in [-0.3, -0.25) is 4.99 Å². The summed E-state index contributed by atoms with van der Waals surface area (Å²) in [6.07, 6.45) is 2.40. The average Bonchev–Trinajstić information content (AvgIpc) is 2.69. The van der Waals surface area contributed by atoms with Crippen LogP contribution in [0.25, 0.3) is 0 Å². The van der Waals surface area contributed by atoms with Crippen molar-refractivity contribution in [2.75, 3.05) is 53.0 Å². The largest absolute Gasteiger partial charge is 0.383 e. The van der Waals surface area contributed by atoms with E-state index in [0.717, 1.165) is 50.9 Å². The Morgan fingerprint density at radius 3 is 2.68 bits per heavy atom.